The molecule has 1 aromatic carbocycles. The van der Waals surface area contributed by atoms with Crippen LogP contribution >= 0.6 is 11.3 Å². The van der Waals surface area contributed by atoms with Gasteiger partial charge in [0.1, 0.15) is 5.75 Å². The lowest BCUT2D eigenvalue weighted by Crippen LogP contribution is -2.42. The number of hydrogen-bond acceptors (Lipinski definition) is 4. The fraction of sp³-hybridized carbons (Fsp3) is 0.353. The van der Waals surface area contributed by atoms with Gasteiger partial charge >= 0.3 is 0 Å². The Morgan fingerprint density at radius 2 is 2.05 bits per heavy atom. The van der Waals surface area contributed by atoms with Crippen molar-refractivity contribution >= 4 is 17.2 Å². The van der Waals surface area contributed by atoms with Gasteiger partial charge in [-0.2, -0.15) is 0 Å². The normalized spacial score (nSPS) is 26.1. The summed E-state index contributed by atoms with van der Waals surface area (Å²) in [5.41, 5.74) is 0. The zero-order chi connectivity index (χ0) is 14.9. The highest BCUT2D eigenvalue weighted by Gasteiger charge is 2.38. The smallest absolute Gasteiger partial charge is 0.261 e. The van der Waals surface area contributed by atoms with Crippen LogP contribution < -0.4 is 10.1 Å². The molecule has 3 atom stereocenters. The molecule has 0 spiro atoms. The average molecular weight is 314 g/mol. The molecule has 2 fully saturated rings. The highest BCUT2D eigenvalue weighted by molar-refractivity contribution is 7.15. The number of rotatable bonds is 4. The van der Waals surface area contributed by atoms with Gasteiger partial charge in [-0.15, -0.1) is 0 Å². The van der Waals surface area contributed by atoms with Gasteiger partial charge in [-0.3, -0.25) is 4.79 Å². The minimum atomic E-state index is 0.0201. The molecule has 4 rings (SSSR count). The van der Waals surface area contributed by atoms with Crippen molar-refractivity contribution in [1.82, 2.24) is 10.2 Å². The van der Waals surface area contributed by atoms with Crippen LogP contribution in [0.25, 0.3) is 0 Å². The molecule has 3 heterocycles. The van der Waals surface area contributed by atoms with E-state index in [1.807, 2.05) is 42.5 Å². The van der Waals surface area contributed by atoms with Gasteiger partial charge in [0.15, 0.2) is 5.06 Å². The molecule has 1 amide bonds. The third-order valence-corrected chi connectivity index (χ3v) is 5.38. The Kier molecular flexibility index (Phi) is 3.60. The standard InChI is InChI=1S/C17H18N2O2S/c20-17(18-14-11-19-9-8-12(14)10-19)15-6-7-16(22-15)21-13-4-2-1-3-5-13/h1-7,12,14H,8-11H2,(H,18,20)/t12-,14+/m1/s1. The maximum absolute atomic E-state index is 12.4. The fourth-order valence-electron chi connectivity index (χ4n) is 3.29. The Bertz CT molecular complexity index is 670. The minimum Gasteiger partial charge on any atom is -0.447 e. The van der Waals surface area contributed by atoms with Crippen molar-refractivity contribution in [3.8, 4) is 10.8 Å². The first-order valence-electron chi connectivity index (χ1n) is 7.64. The van der Waals surface area contributed by atoms with E-state index in [0.717, 1.165) is 23.9 Å². The van der Waals surface area contributed by atoms with Crippen LogP contribution in [0.3, 0.4) is 0 Å². The molecule has 2 aliphatic rings. The van der Waals surface area contributed by atoms with Crippen molar-refractivity contribution in [1.29, 1.82) is 0 Å². The summed E-state index contributed by atoms with van der Waals surface area (Å²) in [5, 5.41) is 3.92. The van der Waals surface area contributed by atoms with Crippen LogP contribution in [0.15, 0.2) is 42.5 Å². The number of piperidine rings is 1. The number of thiophene rings is 1. The van der Waals surface area contributed by atoms with E-state index in [-0.39, 0.29) is 5.91 Å². The first kappa shape index (κ1) is 13.8. The predicted octanol–water partition coefficient (Wildman–Crippen LogP) is 2.97. The van der Waals surface area contributed by atoms with Crippen LogP contribution in [-0.2, 0) is 0 Å². The molecule has 0 aliphatic carbocycles. The highest BCUT2D eigenvalue weighted by Crippen LogP contribution is 2.31. The molecule has 2 aromatic rings. The number of nitrogens with one attached hydrogen (secondary N) is 1. The zero-order valence-corrected chi connectivity index (χ0v) is 13.0. The summed E-state index contributed by atoms with van der Waals surface area (Å²) >= 11 is 1.39. The van der Waals surface area contributed by atoms with Crippen LogP contribution in [0, 0.1) is 5.92 Å². The van der Waals surface area contributed by atoms with Crippen molar-refractivity contribution in [2.24, 2.45) is 5.92 Å². The topological polar surface area (TPSA) is 41.6 Å². The van der Waals surface area contributed by atoms with Gasteiger partial charge in [0, 0.05) is 19.1 Å². The van der Waals surface area contributed by atoms with Crippen LogP contribution in [0.5, 0.6) is 10.8 Å². The molecule has 1 aromatic heterocycles. The number of nitrogens with zero attached hydrogens (tertiary/aromatic N) is 1. The number of carbonyl (C=O) groups excluding carboxylic acids is 1. The van der Waals surface area contributed by atoms with Gasteiger partial charge in [-0.25, -0.2) is 0 Å². The summed E-state index contributed by atoms with van der Waals surface area (Å²) in [6, 6.07) is 13.6. The zero-order valence-electron chi connectivity index (χ0n) is 12.2. The van der Waals surface area contributed by atoms with E-state index in [9.17, 15) is 4.79 Å². The minimum absolute atomic E-state index is 0.0201. The molecule has 2 aliphatic heterocycles. The number of para-hydroxylation sites is 1. The van der Waals surface area contributed by atoms with Crippen molar-refractivity contribution in [2.45, 2.75) is 12.5 Å². The number of carbonyl (C=O) groups is 1. The molecule has 4 nitrogen and oxygen atoms in total. The van der Waals surface area contributed by atoms with Gasteiger partial charge in [-0.05, 0) is 43.1 Å². The Morgan fingerprint density at radius 3 is 2.77 bits per heavy atom. The number of hydrogen-bond donors (Lipinski definition) is 1. The van der Waals surface area contributed by atoms with Crippen LogP contribution in [0.2, 0.25) is 0 Å². The van der Waals surface area contributed by atoms with Crippen molar-refractivity contribution in [2.75, 3.05) is 19.6 Å². The van der Waals surface area contributed by atoms with E-state index >= 15 is 0 Å². The van der Waals surface area contributed by atoms with Gasteiger partial charge in [-0.1, -0.05) is 29.5 Å². The van der Waals surface area contributed by atoms with E-state index in [4.69, 9.17) is 4.74 Å². The second-order valence-electron chi connectivity index (χ2n) is 5.92. The maximum Gasteiger partial charge on any atom is 0.261 e. The predicted molar refractivity (Wildman–Crippen MR) is 86.6 cm³/mol. The third-order valence-electron chi connectivity index (χ3n) is 4.42. The molecule has 1 N–H and O–H groups in total. The van der Waals surface area contributed by atoms with Gasteiger partial charge in [0.05, 0.1) is 4.88 Å². The Labute approximate surface area is 133 Å². The quantitative estimate of drug-likeness (QED) is 0.943. The summed E-state index contributed by atoms with van der Waals surface area (Å²) in [4.78, 5) is 15.5. The van der Waals surface area contributed by atoms with Crippen molar-refractivity contribution in [3.05, 3.63) is 47.3 Å². The molecule has 0 radical (unpaired) electrons. The number of amides is 1. The first-order chi connectivity index (χ1) is 10.8. The lowest BCUT2D eigenvalue weighted by atomic mass is 10.00. The van der Waals surface area contributed by atoms with Gasteiger partial charge in [0.2, 0.25) is 0 Å². The van der Waals surface area contributed by atoms with E-state index in [2.05, 4.69) is 10.2 Å². The van der Waals surface area contributed by atoms with E-state index in [1.165, 1.54) is 24.3 Å². The molecule has 2 bridgehead atoms. The highest BCUT2D eigenvalue weighted by atomic mass is 32.1. The lowest BCUT2D eigenvalue weighted by Gasteiger charge is -2.22. The third kappa shape index (κ3) is 2.74. The second kappa shape index (κ2) is 5.74. The van der Waals surface area contributed by atoms with E-state index in [0.29, 0.717) is 16.8 Å². The summed E-state index contributed by atoms with van der Waals surface area (Å²) < 4.78 is 5.76. The fourth-order valence-corrected chi connectivity index (χ4v) is 4.07. The molecular weight excluding hydrogens is 296 g/mol. The summed E-state index contributed by atoms with van der Waals surface area (Å²) in [6.07, 6.45) is 1.21. The summed E-state index contributed by atoms with van der Waals surface area (Å²) in [6.45, 7) is 3.32. The number of fused-ring (bicyclic) bond motifs is 2. The van der Waals surface area contributed by atoms with Gasteiger partial charge in [0.25, 0.3) is 5.91 Å². The lowest BCUT2D eigenvalue weighted by molar-refractivity contribution is 0.0928. The largest absolute Gasteiger partial charge is 0.447 e. The molecule has 114 valence electrons. The summed E-state index contributed by atoms with van der Waals surface area (Å²) in [7, 11) is 0. The second-order valence-corrected chi connectivity index (χ2v) is 6.97. The molecule has 5 heteroatoms. The average Bonchev–Trinajstić information content (AvgIpc) is 3.24. The van der Waals surface area contributed by atoms with Crippen LogP contribution in [0.1, 0.15) is 16.1 Å². The van der Waals surface area contributed by atoms with Crippen LogP contribution in [0.4, 0.5) is 0 Å². The number of ether oxygens (including phenoxy) is 1. The van der Waals surface area contributed by atoms with Crippen molar-refractivity contribution in [3.63, 3.8) is 0 Å². The molecular formula is C17H18N2O2S. The Morgan fingerprint density at radius 1 is 1.18 bits per heavy atom. The first-order valence-corrected chi connectivity index (χ1v) is 8.45. The van der Waals surface area contributed by atoms with Crippen LogP contribution in [-0.4, -0.2) is 36.5 Å². The van der Waals surface area contributed by atoms with E-state index in [1.54, 1.807) is 0 Å². The van der Waals surface area contributed by atoms with E-state index < -0.39 is 0 Å². The maximum atomic E-state index is 12.4. The monoisotopic (exact) mass is 314 g/mol. The molecule has 1 unspecified atom stereocenters. The van der Waals surface area contributed by atoms with Gasteiger partial charge < -0.3 is 15.0 Å². The SMILES string of the molecule is O=C(N[C@H]1CN2CC[C@@H]1C2)c1ccc(Oc2ccccc2)s1. The van der Waals surface area contributed by atoms with Crippen molar-refractivity contribution < 1.29 is 9.53 Å². The summed E-state index contributed by atoms with van der Waals surface area (Å²) in [5.74, 6) is 1.44. The Balaban J connectivity index is 1.39. The molecule has 22 heavy (non-hydrogen) atoms. The molecule has 0 saturated carbocycles. The number of benzene rings is 1. The molecule has 2 saturated heterocycles. The Hall–Kier alpha value is -1.85.